The number of ether oxygens (including phenoxy) is 1. The summed E-state index contributed by atoms with van der Waals surface area (Å²) in [6, 6.07) is 8.14. The molecule has 1 N–H and O–H groups in total. The Balaban J connectivity index is 2.21. The van der Waals surface area contributed by atoms with Crippen molar-refractivity contribution in [1.29, 1.82) is 0 Å². The van der Waals surface area contributed by atoms with Crippen LogP contribution >= 0.6 is 0 Å². The molecule has 1 atom stereocenters. The fourth-order valence-electron chi connectivity index (χ4n) is 2.77. The zero-order chi connectivity index (χ0) is 14.6. The highest BCUT2D eigenvalue weighted by Crippen LogP contribution is 2.27. The second-order valence-corrected chi connectivity index (χ2v) is 5.63. The van der Waals surface area contributed by atoms with Gasteiger partial charge in [-0.25, -0.2) is 4.79 Å². The van der Waals surface area contributed by atoms with Crippen molar-refractivity contribution in [1.82, 2.24) is 4.90 Å². The molecular formula is C16H24N2O2. The topological polar surface area (TPSA) is 41.6 Å². The van der Waals surface area contributed by atoms with E-state index in [0.29, 0.717) is 13.2 Å². The molecule has 110 valence electrons. The lowest BCUT2D eigenvalue weighted by atomic mass is 9.88. The molecule has 1 aliphatic heterocycles. The molecule has 1 fully saturated rings. The van der Waals surface area contributed by atoms with E-state index in [1.807, 2.05) is 38.2 Å². The lowest BCUT2D eigenvalue weighted by molar-refractivity contribution is -0.150. The number of hydrogen-bond acceptors (Lipinski definition) is 4. The Morgan fingerprint density at radius 3 is 2.70 bits per heavy atom. The second-order valence-electron chi connectivity index (χ2n) is 5.63. The molecule has 1 aromatic carbocycles. The number of likely N-dealkylation sites (N-methyl/N-ethyl adjacent to an activating group) is 1. The van der Waals surface area contributed by atoms with Crippen LogP contribution in [0.2, 0.25) is 0 Å². The fraction of sp³-hybridized carbons (Fsp3) is 0.562. The fourth-order valence-corrected chi connectivity index (χ4v) is 2.77. The van der Waals surface area contributed by atoms with Crippen LogP contribution < -0.4 is 5.32 Å². The van der Waals surface area contributed by atoms with Gasteiger partial charge in [-0.15, -0.1) is 0 Å². The first-order valence-corrected chi connectivity index (χ1v) is 7.26. The van der Waals surface area contributed by atoms with Gasteiger partial charge >= 0.3 is 5.97 Å². The number of likely N-dealkylation sites (tertiary alicyclic amines) is 1. The molecule has 0 bridgehead atoms. The van der Waals surface area contributed by atoms with Crippen LogP contribution in [0, 0.1) is 6.92 Å². The molecule has 1 heterocycles. The Labute approximate surface area is 121 Å². The first-order valence-electron chi connectivity index (χ1n) is 7.26. The summed E-state index contributed by atoms with van der Waals surface area (Å²) in [5.74, 6) is -0.146. The summed E-state index contributed by atoms with van der Waals surface area (Å²) >= 11 is 0. The summed E-state index contributed by atoms with van der Waals surface area (Å²) in [4.78, 5) is 14.6. The van der Waals surface area contributed by atoms with Crippen LogP contribution in [0.1, 0.15) is 25.3 Å². The predicted molar refractivity (Wildman–Crippen MR) is 80.9 cm³/mol. The van der Waals surface area contributed by atoms with Gasteiger partial charge in [-0.3, -0.25) is 0 Å². The monoisotopic (exact) mass is 276 g/mol. The molecule has 1 unspecified atom stereocenters. The van der Waals surface area contributed by atoms with E-state index < -0.39 is 5.54 Å². The first kappa shape index (κ1) is 14.9. The normalized spacial score (nSPS) is 23.4. The minimum atomic E-state index is -0.627. The molecule has 0 radical (unpaired) electrons. The van der Waals surface area contributed by atoms with E-state index in [-0.39, 0.29) is 5.97 Å². The van der Waals surface area contributed by atoms with Crippen molar-refractivity contribution in [2.45, 2.75) is 32.2 Å². The third-order valence-corrected chi connectivity index (χ3v) is 3.78. The van der Waals surface area contributed by atoms with Crippen LogP contribution in [0.3, 0.4) is 0 Å². The van der Waals surface area contributed by atoms with Crippen LogP contribution in [0.4, 0.5) is 5.69 Å². The van der Waals surface area contributed by atoms with Crippen molar-refractivity contribution in [3.05, 3.63) is 29.8 Å². The average Bonchev–Trinajstić information content (AvgIpc) is 2.42. The maximum atomic E-state index is 12.4. The number of rotatable bonds is 4. The molecule has 1 saturated heterocycles. The molecule has 1 aliphatic rings. The van der Waals surface area contributed by atoms with Crippen LogP contribution in [0.5, 0.6) is 0 Å². The zero-order valence-corrected chi connectivity index (χ0v) is 12.6. The minimum Gasteiger partial charge on any atom is -0.464 e. The number of anilines is 1. The molecule has 0 aliphatic carbocycles. The van der Waals surface area contributed by atoms with Gasteiger partial charge in [0.15, 0.2) is 0 Å². The van der Waals surface area contributed by atoms with Crippen molar-refractivity contribution < 1.29 is 9.53 Å². The Bertz CT molecular complexity index is 458. The van der Waals surface area contributed by atoms with Crippen molar-refractivity contribution >= 4 is 11.7 Å². The number of nitrogens with zero attached hydrogens (tertiary/aromatic N) is 1. The largest absolute Gasteiger partial charge is 0.464 e. The van der Waals surface area contributed by atoms with Gasteiger partial charge in [0, 0.05) is 12.2 Å². The summed E-state index contributed by atoms with van der Waals surface area (Å²) in [6.07, 6.45) is 1.80. The minimum absolute atomic E-state index is 0.146. The van der Waals surface area contributed by atoms with Crippen LogP contribution in [-0.4, -0.2) is 43.2 Å². The quantitative estimate of drug-likeness (QED) is 0.858. The Hall–Kier alpha value is -1.55. The molecule has 4 nitrogen and oxygen atoms in total. The molecule has 4 heteroatoms. The van der Waals surface area contributed by atoms with Gasteiger partial charge in [-0.1, -0.05) is 17.7 Å². The molecule has 0 spiro atoms. The lowest BCUT2D eigenvalue weighted by Crippen LogP contribution is -2.57. The molecule has 1 aromatic rings. The summed E-state index contributed by atoms with van der Waals surface area (Å²) in [7, 11) is 2.05. The maximum absolute atomic E-state index is 12.4. The number of benzene rings is 1. The van der Waals surface area contributed by atoms with E-state index >= 15 is 0 Å². The van der Waals surface area contributed by atoms with E-state index in [9.17, 15) is 4.79 Å². The maximum Gasteiger partial charge on any atom is 0.333 e. The number of hydrogen-bond donors (Lipinski definition) is 1. The van der Waals surface area contributed by atoms with Gasteiger partial charge in [0.2, 0.25) is 0 Å². The van der Waals surface area contributed by atoms with Gasteiger partial charge in [0.05, 0.1) is 6.61 Å². The molecule has 0 saturated carbocycles. The highest BCUT2D eigenvalue weighted by Gasteiger charge is 2.42. The molecule has 20 heavy (non-hydrogen) atoms. The summed E-state index contributed by atoms with van der Waals surface area (Å²) in [5, 5.41) is 3.42. The van der Waals surface area contributed by atoms with Gasteiger partial charge in [-0.2, -0.15) is 0 Å². The van der Waals surface area contributed by atoms with Gasteiger partial charge in [-0.05, 0) is 52.4 Å². The van der Waals surface area contributed by atoms with Gasteiger partial charge in [0.1, 0.15) is 5.54 Å². The SMILES string of the molecule is CCOC(=O)C1(Nc2ccc(C)cc2)CCCN(C)C1. The van der Waals surface area contributed by atoms with E-state index in [2.05, 4.69) is 17.1 Å². The van der Waals surface area contributed by atoms with E-state index in [1.54, 1.807) is 0 Å². The number of piperidine rings is 1. The van der Waals surface area contributed by atoms with Crippen LogP contribution in [0.15, 0.2) is 24.3 Å². The Morgan fingerprint density at radius 1 is 1.40 bits per heavy atom. The van der Waals surface area contributed by atoms with Crippen molar-refractivity contribution in [2.24, 2.45) is 0 Å². The van der Waals surface area contributed by atoms with E-state index in [4.69, 9.17) is 4.74 Å². The second kappa shape index (κ2) is 6.27. The zero-order valence-electron chi connectivity index (χ0n) is 12.6. The van der Waals surface area contributed by atoms with Crippen molar-refractivity contribution in [3.63, 3.8) is 0 Å². The predicted octanol–water partition coefficient (Wildman–Crippen LogP) is 2.43. The van der Waals surface area contributed by atoms with Crippen LogP contribution in [-0.2, 0) is 9.53 Å². The van der Waals surface area contributed by atoms with E-state index in [1.165, 1.54) is 5.56 Å². The van der Waals surface area contributed by atoms with Crippen molar-refractivity contribution in [3.8, 4) is 0 Å². The smallest absolute Gasteiger partial charge is 0.333 e. The highest BCUT2D eigenvalue weighted by molar-refractivity contribution is 5.85. The summed E-state index contributed by atoms with van der Waals surface area (Å²) < 4.78 is 5.30. The number of carbonyl (C=O) groups is 1. The standard InChI is InChI=1S/C16H24N2O2/c1-4-20-15(19)16(10-5-11-18(3)12-16)17-14-8-6-13(2)7-9-14/h6-9,17H,4-5,10-12H2,1-3H3. The Morgan fingerprint density at radius 2 is 2.10 bits per heavy atom. The molecule has 2 rings (SSSR count). The number of esters is 1. The number of carbonyl (C=O) groups excluding carboxylic acids is 1. The lowest BCUT2D eigenvalue weighted by Gasteiger charge is -2.40. The molecular weight excluding hydrogens is 252 g/mol. The van der Waals surface area contributed by atoms with E-state index in [0.717, 1.165) is 25.1 Å². The number of nitrogens with one attached hydrogen (secondary N) is 1. The third-order valence-electron chi connectivity index (χ3n) is 3.78. The molecule has 0 amide bonds. The highest BCUT2D eigenvalue weighted by atomic mass is 16.5. The summed E-state index contributed by atoms with van der Waals surface area (Å²) in [6.45, 7) is 6.03. The first-order chi connectivity index (χ1) is 9.55. The molecule has 0 aromatic heterocycles. The van der Waals surface area contributed by atoms with Gasteiger partial charge < -0.3 is 15.0 Å². The van der Waals surface area contributed by atoms with Gasteiger partial charge in [0.25, 0.3) is 0 Å². The van der Waals surface area contributed by atoms with Crippen LogP contribution in [0.25, 0.3) is 0 Å². The average molecular weight is 276 g/mol. The number of aryl methyl sites for hydroxylation is 1. The van der Waals surface area contributed by atoms with Crippen molar-refractivity contribution in [2.75, 3.05) is 32.1 Å². The summed E-state index contributed by atoms with van der Waals surface area (Å²) in [5.41, 5.74) is 1.55. The Kier molecular flexibility index (Phi) is 4.65. The third kappa shape index (κ3) is 3.31.